The fraction of sp³-hybridized carbons (Fsp3) is 0.571. The number of rotatable bonds is 6. The summed E-state index contributed by atoms with van der Waals surface area (Å²) in [6, 6.07) is 7.49. The van der Waals surface area contributed by atoms with E-state index in [1.54, 1.807) is 12.1 Å². The van der Waals surface area contributed by atoms with Gasteiger partial charge in [0, 0.05) is 12.3 Å². The van der Waals surface area contributed by atoms with Crippen LogP contribution < -0.4 is 5.32 Å². The lowest BCUT2D eigenvalue weighted by molar-refractivity contribution is 0.359. The van der Waals surface area contributed by atoms with Gasteiger partial charge >= 0.3 is 0 Å². The molecule has 1 unspecified atom stereocenters. The van der Waals surface area contributed by atoms with Crippen LogP contribution in [0.4, 0.5) is 0 Å². The van der Waals surface area contributed by atoms with Crippen LogP contribution in [0.5, 0.6) is 0 Å². The molecule has 0 bridgehead atoms. The molecule has 0 amide bonds. The summed E-state index contributed by atoms with van der Waals surface area (Å²) in [5, 5.41) is 3.33. The van der Waals surface area contributed by atoms with Crippen molar-refractivity contribution in [2.45, 2.75) is 37.6 Å². The Bertz CT molecular complexity index is 461. The highest BCUT2D eigenvalue weighted by Gasteiger charge is 2.19. The molecule has 3 nitrogen and oxygen atoms in total. The molecule has 0 saturated carbocycles. The molecule has 0 fully saturated rings. The molecule has 1 aromatic rings. The Morgan fingerprint density at radius 3 is 1.94 bits per heavy atom. The Morgan fingerprint density at radius 1 is 1.11 bits per heavy atom. The molecule has 0 radical (unpaired) electrons. The zero-order valence-electron chi connectivity index (χ0n) is 11.6. The third-order valence-corrected chi connectivity index (χ3v) is 4.63. The zero-order valence-corrected chi connectivity index (χ0v) is 12.4. The predicted octanol–water partition coefficient (Wildman–Crippen LogP) is 2.79. The molecule has 1 N–H and O–H groups in total. The van der Waals surface area contributed by atoms with Crippen LogP contribution in [-0.4, -0.2) is 21.7 Å². The summed E-state index contributed by atoms with van der Waals surface area (Å²) in [5.74, 6) is 0.569. The molecule has 1 aromatic carbocycles. The summed E-state index contributed by atoms with van der Waals surface area (Å²) in [6.07, 6.45) is 3.45. The normalized spacial score (nSPS) is 13.8. The van der Waals surface area contributed by atoms with Crippen molar-refractivity contribution in [1.82, 2.24) is 5.32 Å². The van der Waals surface area contributed by atoms with Gasteiger partial charge in [-0.25, -0.2) is 8.42 Å². The first kappa shape index (κ1) is 15.2. The van der Waals surface area contributed by atoms with E-state index in [0.29, 0.717) is 10.8 Å². The van der Waals surface area contributed by atoms with E-state index in [-0.39, 0.29) is 6.04 Å². The minimum Gasteiger partial charge on any atom is -0.313 e. The molecule has 0 spiro atoms. The van der Waals surface area contributed by atoms with Crippen LogP contribution >= 0.6 is 0 Å². The number of sulfone groups is 1. The Labute approximate surface area is 111 Å². The quantitative estimate of drug-likeness (QED) is 0.863. The van der Waals surface area contributed by atoms with Gasteiger partial charge in [0.05, 0.1) is 4.90 Å². The Kier molecular flexibility index (Phi) is 5.35. The number of nitrogens with one attached hydrogen (secondary N) is 1. The molecule has 18 heavy (non-hydrogen) atoms. The lowest BCUT2D eigenvalue weighted by Gasteiger charge is -2.25. The summed E-state index contributed by atoms with van der Waals surface area (Å²) in [6.45, 7) is 4.37. The van der Waals surface area contributed by atoms with Gasteiger partial charge in [-0.15, -0.1) is 0 Å². The van der Waals surface area contributed by atoms with Crippen molar-refractivity contribution in [3.05, 3.63) is 29.8 Å². The molecular weight excluding hydrogens is 246 g/mol. The fourth-order valence-corrected chi connectivity index (χ4v) is 2.99. The van der Waals surface area contributed by atoms with Crippen LogP contribution in [0.25, 0.3) is 0 Å². The summed E-state index contributed by atoms with van der Waals surface area (Å²) >= 11 is 0. The maximum Gasteiger partial charge on any atom is 0.175 e. The third-order valence-electron chi connectivity index (χ3n) is 3.50. The lowest BCUT2D eigenvalue weighted by atomic mass is 9.89. The average Bonchev–Trinajstić information content (AvgIpc) is 2.35. The van der Waals surface area contributed by atoms with Crippen molar-refractivity contribution in [2.75, 3.05) is 13.3 Å². The smallest absolute Gasteiger partial charge is 0.175 e. The molecular formula is C14H23NO2S. The summed E-state index contributed by atoms with van der Waals surface area (Å²) < 4.78 is 22.8. The van der Waals surface area contributed by atoms with Crippen molar-refractivity contribution in [2.24, 2.45) is 5.92 Å². The highest BCUT2D eigenvalue weighted by atomic mass is 32.2. The van der Waals surface area contributed by atoms with E-state index in [9.17, 15) is 8.42 Å². The minimum atomic E-state index is -3.10. The molecule has 0 aliphatic rings. The first-order valence-corrected chi connectivity index (χ1v) is 8.30. The van der Waals surface area contributed by atoms with Gasteiger partial charge in [-0.1, -0.05) is 38.8 Å². The van der Waals surface area contributed by atoms with E-state index in [4.69, 9.17) is 0 Å². The maximum atomic E-state index is 11.4. The molecule has 4 heteroatoms. The van der Waals surface area contributed by atoms with Crippen LogP contribution in [0.15, 0.2) is 29.2 Å². The van der Waals surface area contributed by atoms with Crippen LogP contribution in [0.1, 0.15) is 38.3 Å². The SMILES string of the molecule is CCC(CC)C(NC)c1ccc(S(C)(=O)=O)cc1. The molecule has 1 atom stereocenters. The van der Waals surface area contributed by atoms with Crippen molar-refractivity contribution in [3.8, 4) is 0 Å². The second-order valence-corrected chi connectivity index (χ2v) is 6.70. The molecule has 0 aliphatic carbocycles. The Balaban J connectivity index is 3.02. The maximum absolute atomic E-state index is 11.4. The topological polar surface area (TPSA) is 46.2 Å². The van der Waals surface area contributed by atoms with Crippen molar-refractivity contribution >= 4 is 9.84 Å². The van der Waals surface area contributed by atoms with Crippen LogP contribution in [-0.2, 0) is 9.84 Å². The monoisotopic (exact) mass is 269 g/mol. The highest BCUT2D eigenvalue weighted by molar-refractivity contribution is 7.90. The minimum absolute atomic E-state index is 0.286. The van der Waals surface area contributed by atoms with Gasteiger partial charge in [-0.05, 0) is 30.7 Å². The molecule has 0 aliphatic heterocycles. The van der Waals surface area contributed by atoms with Crippen molar-refractivity contribution < 1.29 is 8.42 Å². The van der Waals surface area contributed by atoms with Gasteiger partial charge in [0.15, 0.2) is 9.84 Å². The zero-order chi connectivity index (χ0) is 13.8. The van der Waals surface area contributed by atoms with Gasteiger partial charge in [0.25, 0.3) is 0 Å². The van der Waals surface area contributed by atoms with Gasteiger partial charge in [-0.3, -0.25) is 0 Å². The van der Waals surface area contributed by atoms with E-state index in [1.165, 1.54) is 6.26 Å². The number of hydrogen-bond donors (Lipinski definition) is 1. The van der Waals surface area contributed by atoms with E-state index < -0.39 is 9.84 Å². The van der Waals surface area contributed by atoms with E-state index in [1.807, 2.05) is 19.2 Å². The molecule has 102 valence electrons. The second kappa shape index (κ2) is 6.34. The van der Waals surface area contributed by atoms with E-state index in [2.05, 4.69) is 19.2 Å². The lowest BCUT2D eigenvalue weighted by Crippen LogP contribution is -2.24. The average molecular weight is 269 g/mol. The molecule has 1 rings (SSSR count). The third kappa shape index (κ3) is 3.56. The second-order valence-electron chi connectivity index (χ2n) is 4.68. The fourth-order valence-electron chi connectivity index (χ4n) is 2.36. The first-order valence-electron chi connectivity index (χ1n) is 6.41. The van der Waals surface area contributed by atoms with Crippen LogP contribution in [0.3, 0.4) is 0 Å². The van der Waals surface area contributed by atoms with Gasteiger partial charge in [0.2, 0.25) is 0 Å². The van der Waals surface area contributed by atoms with Crippen LogP contribution in [0, 0.1) is 5.92 Å². The standard InChI is InChI=1S/C14H23NO2S/c1-5-11(6-2)14(15-3)12-7-9-13(10-8-12)18(4,16)17/h7-11,14-15H,5-6H2,1-4H3. The number of benzene rings is 1. The van der Waals surface area contributed by atoms with E-state index >= 15 is 0 Å². The first-order chi connectivity index (χ1) is 8.43. The van der Waals surface area contributed by atoms with E-state index in [0.717, 1.165) is 18.4 Å². The molecule has 0 saturated heterocycles. The Hall–Kier alpha value is -0.870. The summed E-state index contributed by atoms with van der Waals surface area (Å²) in [4.78, 5) is 0.380. The van der Waals surface area contributed by atoms with Gasteiger partial charge in [0.1, 0.15) is 0 Å². The predicted molar refractivity (Wildman–Crippen MR) is 75.4 cm³/mol. The summed E-state index contributed by atoms with van der Waals surface area (Å²) in [5.41, 5.74) is 1.15. The number of hydrogen-bond acceptors (Lipinski definition) is 3. The van der Waals surface area contributed by atoms with Gasteiger partial charge < -0.3 is 5.32 Å². The highest BCUT2D eigenvalue weighted by Crippen LogP contribution is 2.27. The van der Waals surface area contributed by atoms with Crippen molar-refractivity contribution in [1.29, 1.82) is 0 Å². The Morgan fingerprint density at radius 2 is 1.61 bits per heavy atom. The molecule has 0 heterocycles. The molecule has 0 aromatic heterocycles. The largest absolute Gasteiger partial charge is 0.313 e. The van der Waals surface area contributed by atoms with Gasteiger partial charge in [-0.2, -0.15) is 0 Å². The van der Waals surface area contributed by atoms with Crippen molar-refractivity contribution in [3.63, 3.8) is 0 Å². The summed E-state index contributed by atoms with van der Waals surface area (Å²) in [7, 11) is -1.15. The van der Waals surface area contributed by atoms with Crippen LogP contribution in [0.2, 0.25) is 0 Å².